The molecule has 1 aliphatic carbocycles. The third kappa shape index (κ3) is 5.37. The molecule has 0 spiro atoms. The van der Waals surface area contributed by atoms with Crippen LogP contribution < -0.4 is 10.6 Å². The summed E-state index contributed by atoms with van der Waals surface area (Å²) in [5.74, 6) is 0.154. The molecule has 1 saturated carbocycles. The summed E-state index contributed by atoms with van der Waals surface area (Å²) in [6, 6.07) is 11.1. The second kappa shape index (κ2) is 8.22. The third-order valence-corrected chi connectivity index (χ3v) is 5.16. The Bertz CT molecular complexity index is 738. The minimum Gasteiger partial charge on any atom is -0.353 e. The highest BCUT2D eigenvalue weighted by atomic mass is 32.1. The molecule has 0 bridgehead atoms. The van der Waals surface area contributed by atoms with E-state index in [0.717, 1.165) is 42.8 Å². The lowest BCUT2D eigenvalue weighted by atomic mass is 10.2. The molecule has 1 fully saturated rings. The standard InChI is InChI=1S/C18H21N3O3S/c22-18(20-14-5-6-14)2-1-11-19-12-16-9-10-17(25-16)13-3-7-15(8-4-13)21(23)24/h3-4,7-10,14,19H,1-2,5-6,11-12H2,(H,20,22). The van der Waals surface area contributed by atoms with Crippen molar-refractivity contribution in [3.05, 3.63) is 51.4 Å². The molecule has 0 atom stereocenters. The Morgan fingerprint density at radius 3 is 2.64 bits per heavy atom. The molecule has 1 heterocycles. The van der Waals surface area contributed by atoms with Gasteiger partial charge >= 0.3 is 0 Å². The van der Waals surface area contributed by atoms with Gasteiger partial charge in [-0.05, 0) is 55.6 Å². The number of rotatable bonds is 9. The highest BCUT2D eigenvalue weighted by molar-refractivity contribution is 7.15. The number of non-ortho nitro benzene ring substituents is 1. The second-order valence-electron chi connectivity index (χ2n) is 6.19. The third-order valence-electron chi connectivity index (χ3n) is 4.02. The van der Waals surface area contributed by atoms with Crippen molar-refractivity contribution in [1.29, 1.82) is 0 Å². The molecule has 3 rings (SSSR count). The van der Waals surface area contributed by atoms with Crippen LogP contribution >= 0.6 is 11.3 Å². The van der Waals surface area contributed by atoms with Crippen molar-refractivity contribution in [2.24, 2.45) is 0 Å². The predicted molar refractivity (Wildman–Crippen MR) is 98.5 cm³/mol. The normalized spacial score (nSPS) is 13.6. The molecule has 1 aliphatic rings. The zero-order chi connectivity index (χ0) is 17.6. The fourth-order valence-electron chi connectivity index (χ4n) is 2.49. The number of hydrogen-bond acceptors (Lipinski definition) is 5. The van der Waals surface area contributed by atoms with Crippen LogP contribution in [0.3, 0.4) is 0 Å². The molecule has 2 N–H and O–H groups in total. The summed E-state index contributed by atoms with van der Waals surface area (Å²) in [5.41, 5.74) is 1.09. The largest absolute Gasteiger partial charge is 0.353 e. The Kier molecular flexibility index (Phi) is 5.78. The molecule has 1 amide bonds. The van der Waals surface area contributed by atoms with Crippen LogP contribution in [0.5, 0.6) is 0 Å². The summed E-state index contributed by atoms with van der Waals surface area (Å²) in [6.45, 7) is 1.57. The van der Waals surface area contributed by atoms with Crippen molar-refractivity contribution in [3.8, 4) is 10.4 Å². The van der Waals surface area contributed by atoms with E-state index in [9.17, 15) is 14.9 Å². The number of carbonyl (C=O) groups excluding carboxylic acids is 1. The lowest BCUT2D eigenvalue weighted by Gasteiger charge is -2.04. The van der Waals surface area contributed by atoms with Crippen LogP contribution in [0, 0.1) is 10.1 Å². The molecule has 1 aromatic heterocycles. The number of nitrogens with zero attached hydrogens (tertiary/aromatic N) is 1. The summed E-state index contributed by atoms with van der Waals surface area (Å²) in [4.78, 5) is 24.2. The SMILES string of the molecule is O=C(CCCNCc1ccc(-c2ccc([N+](=O)[O-])cc2)s1)NC1CC1. The van der Waals surface area contributed by atoms with Crippen LogP contribution in [0.2, 0.25) is 0 Å². The van der Waals surface area contributed by atoms with Gasteiger partial charge in [0, 0.05) is 40.9 Å². The number of benzene rings is 1. The first kappa shape index (κ1) is 17.6. The molecule has 0 unspecified atom stereocenters. The van der Waals surface area contributed by atoms with Crippen molar-refractivity contribution in [2.75, 3.05) is 6.54 Å². The summed E-state index contributed by atoms with van der Waals surface area (Å²) in [6.07, 6.45) is 3.65. The van der Waals surface area contributed by atoms with E-state index in [-0.39, 0.29) is 11.6 Å². The molecular formula is C18H21N3O3S. The van der Waals surface area contributed by atoms with Crippen molar-refractivity contribution in [2.45, 2.75) is 38.3 Å². The Morgan fingerprint density at radius 1 is 1.20 bits per heavy atom. The fraction of sp³-hybridized carbons (Fsp3) is 0.389. The summed E-state index contributed by atoms with van der Waals surface area (Å²) >= 11 is 1.67. The molecule has 7 heteroatoms. The Labute approximate surface area is 150 Å². The van der Waals surface area contributed by atoms with Crippen molar-refractivity contribution in [1.82, 2.24) is 10.6 Å². The highest BCUT2D eigenvalue weighted by Crippen LogP contribution is 2.29. The van der Waals surface area contributed by atoms with Gasteiger partial charge in [0.1, 0.15) is 0 Å². The predicted octanol–water partition coefficient (Wildman–Crippen LogP) is 3.47. The summed E-state index contributed by atoms with van der Waals surface area (Å²) in [7, 11) is 0. The van der Waals surface area contributed by atoms with E-state index in [0.29, 0.717) is 12.5 Å². The number of nitrogens with one attached hydrogen (secondary N) is 2. The topological polar surface area (TPSA) is 84.3 Å². The molecule has 0 aliphatic heterocycles. The average Bonchev–Trinajstić information content (AvgIpc) is 3.29. The number of amides is 1. The number of carbonyl (C=O) groups is 1. The van der Waals surface area contributed by atoms with Gasteiger partial charge in [0.05, 0.1) is 4.92 Å². The van der Waals surface area contributed by atoms with Gasteiger partial charge in [-0.2, -0.15) is 0 Å². The van der Waals surface area contributed by atoms with E-state index in [1.165, 1.54) is 17.0 Å². The number of nitro groups is 1. The van der Waals surface area contributed by atoms with E-state index in [1.54, 1.807) is 23.5 Å². The van der Waals surface area contributed by atoms with Crippen molar-refractivity contribution >= 4 is 22.9 Å². The minimum atomic E-state index is -0.390. The Morgan fingerprint density at radius 2 is 1.96 bits per heavy atom. The van der Waals surface area contributed by atoms with Gasteiger partial charge in [0.25, 0.3) is 5.69 Å². The maximum absolute atomic E-state index is 11.6. The lowest BCUT2D eigenvalue weighted by molar-refractivity contribution is -0.384. The van der Waals surface area contributed by atoms with Crippen molar-refractivity contribution < 1.29 is 9.72 Å². The lowest BCUT2D eigenvalue weighted by Crippen LogP contribution is -2.26. The first-order chi connectivity index (χ1) is 12.1. The first-order valence-electron chi connectivity index (χ1n) is 8.45. The van der Waals surface area contributed by atoms with Gasteiger partial charge in [-0.1, -0.05) is 0 Å². The monoisotopic (exact) mass is 359 g/mol. The van der Waals surface area contributed by atoms with Crippen LogP contribution in [-0.2, 0) is 11.3 Å². The van der Waals surface area contributed by atoms with Crippen LogP contribution in [0.4, 0.5) is 5.69 Å². The smallest absolute Gasteiger partial charge is 0.269 e. The van der Waals surface area contributed by atoms with Gasteiger partial charge < -0.3 is 10.6 Å². The van der Waals surface area contributed by atoms with Crippen LogP contribution in [0.15, 0.2) is 36.4 Å². The maximum Gasteiger partial charge on any atom is 0.269 e. The molecule has 6 nitrogen and oxygen atoms in total. The molecule has 25 heavy (non-hydrogen) atoms. The van der Waals surface area contributed by atoms with E-state index in [4.69, 9.17) is 0 Å². The van der Waals surface area contributed by atoms with Crippen LogP contribution in [0.1, 0.15) is 30.6 Å². The van der Waals surface area contributed by atoms with Gasteiger partial charge in [-0.25, -0.2) is 0 Å². The summed E-state index contributed by atoms with van der Waals surface area (Å²) < 4.78 is 0. The van der Waals surface area contributed by atoms with Crippen LogP contribution in [-0.4, -0.2) is 23.4 Å². The molecule has 1 aromatic carbocycles. The Hall–Kier alpha value is -2.25. The highest BCUT2D eigenvalue weighted by Gasteiger charge is 2.22. The van der Waals surface area contributed by atoms with E-state index >= 15 is 0 Å². The molecule has 132 valence electrons. The molecule has 0 radical (unpaired) electrons. The second-order valence-corrected chi connectivity index (χ2v) is 7.36. The van der Waals surface area contributed by atoms with Gasteiger partial charge in [0.15, 0.2) is 0 Å². The minimum absolute atomic E-state index is 0.105. The molecule has 0 saturated heterocycles. The fourth-order valence-corrected chi connectivity index (χ4v) is 3.47. The van der Waals surface area contributed by atoms with Gasteiger partial charge in [-0.15, -0.1) is 11.3 Å². The van der Waals surface area contributed by atoms with Gasteiger partial charge in [-0.3, -0.25) is 14.9 Å². The van der Waals surface area contributed by atoms with E-state index < -0.39 is 4.92 Å². The van der Waals surface area contributed by atoms with Crippen molar-refractivity contribution in [3.63, 3.8) is 0 Å². The quantitative estimate of drug-likeness (QED) is 0.408. The number of hydrogen-bond donors (Lipinski definition) is 2. The molecule has 2 aromatic rings. The Balaban J connectivity index is 1.40. The number of thiophene rings is 1. The number of nitro benzene ring substituents is 1. The van der Waals surface area contributed by atoms with Gasteiger partial charge in [0.2, 0.25) is 5.91 Å². The molecular weight excluding hydrogens is 338 g/mol. The van der Waals surface area contributed by atoms with E-state index in [1.807, 2.05) is 6.07 Å². The maximum atomic E-state index is 11.6. The zero-order valence-corrected chi connectivity index (χ0v) is 14.7. The summed E-state index contributed by atoms with van der Waals surface area (Å²) in [5, 5.41) is 17.0. The zero-order valence-electron chi connectivity index (χ0n) is 13.9. The van der Waals surface area contributed by atoms with Crippen LogP contribution in [0.25, 0.3) is 10.4 Å². The van der Waals surface area contributed by atoms with E-state index in [2.05, 4.69) is 16.7 Å². The first-order valence-corrected chi connectivity index (χ1v) is 9.27. The average molecular weight is 359 g/mol.